The lowest BCUT2D eigenvalue weighted by molar-refractivity contribution is -0.385. The van der Waals surface area contributed by atoms with Gasteiger partial charge in [0.25, 0.3) is 5.69 Å². The van der Waals surface area contributed by atoms with Gasteiger partial charge in [-0.3, -0.25) is 10.1 Å². The van der Waals surface area contributed by atoms with Crippen molar-refractivity contribution in [2.75, 3.05) is 0 Å². The van der Waals surface area contributed by atoms with Gasteiger partial charge >= 0.3 is 12.6 Å². The molecule has 1 rings (SSSR count). The van der Waals surface area contributed by atoms with E-state index in [0.717, 1.165) is 18.2 Å². The van der Waals surface area contributed by atoms with Gasteiger partial charge in [-0.25, -0.2) is 4.79 Å². The Balaban J connectivity index is 3.51. The number of carbonyl (C=O) groups is 1. The van der Waals surface area contributed by atoms with E-state index in [-0.39, 0.29) is 0 Å². The summed E-state index contributed by atoms with van der Waals surface area (Å²) in [6.45, 7) is -3.22. The van der Waals surface area contributed by atoms with Crippen LogP contribution in [0.5, 0.6) is 5.75 Å². The van der Waals surface area contributed by atoms with Crippen LogP contribution >= 0.6 is 0 Å². The Morgan fingerprint density at radius 3 is 2.65 bits per heavy atom. The number of ether oxygens (including phenoxy) is 1. The number of nitro groups is 1. The van der Waals surface area contributed by atoms with Gasteiger partial charge in [-0.1, -0.05) is 0 Å². The van der Waals surface area contributed by atoms with Crippen molar-refractivity contribution in [2.24, 2.45) is 0 Å². The summed E-state index contributed by atoms with van der Waals surface area (Å²) in [6.07, 6.45) is 1.34. The Kier molecular flexibility index (Phi) is 4.69. The fraction of sp³-hybridized carbons (Fsp3) is 0.0909. The second-order valence-electron chi connectivity index (χ2n) is 3.29. The van der Waals surface area contributed by atoms with Crippen molar-refractivity contribution in [3.63, 3.8) is 0 Å². The highest BCUT2D eigenvalue weighted by Crippen LogP contribution is 2.32. The summed E-state index contributed by atoms with van der Waals surface area (Å²) >= 11 is 0. The lowest BCUT2D eigenvalue weighted by Gasteiger charge is -2.09. The summed E-state index contributed by atoms with van der Waals surface area (Å²) in [5.41, 5.74) is -1.60. The lowest BCUT2D eigenvalue weighted by atomic mass is 10.0. The van der Waals surface area contributed by atoms with E-state index in [1.165, 1.54) is 6.07 Å². The molecule has 0 aliphatic rings. The number of rotatable bonds is 5. The molecular formula is C11H6F2N2O5. The lowest BCUT2D eigenvalue weighted by Crippen LogP contribution is -2.05. The standard InChI is InChI=1S/C11H6F2N2O5/c12-11(13)20-9-3-2-8(15(18)19)7(5-14)6(9)1-4-10(16)17/h1-4,11H,(H,16,17)/b4-1+. The van der Waals surface area contributed by atoms with Gasteiger partial charge in [-0.15, -0.1) is 0 Å². The summed E-state index contributed by atoms with van der Waals surface area (Å²) in [5, 5.41) is 28.1. The monoisotopic (exact) mass is 284 g/mol. The predicted molar refractivity (Wildman–Crippen MR) is 61.1 cm³/mol. The van der Waals surface area contributed by atoms with E-state index in [9.17, 15) is 23.7 Å². The van der Waals surface area contributed by atoms with Crippen molar-refractivity contribution in [1.82, 2.24) is 0 Å². The zero-order chi connectivity index (χ0) is 15.3. The maximum absolute atomic E-state index is 12.2. The zero-order valence-corrected chi connectivity index (χ0v) is 9.62. The molecule has 0 saturated carbocycles. The molecule has 0 atom stereocenters. The van der Waals surface area contributed by atoms with Crippen molar-refractivity contribution in [3.05, 3.63) is 39.4 Å². The van der Waals surface area contributed by atoms with Crippen molar-refractivity contribution in [1.29, 1.82) is 5.26 Å². The molecule has 7 nitrogen and oxygen atoms in total. The summed E-state index contributed by atoms with van der Waals surface area (Å²) in [7, 11) is 0. The maximum atomic E-state index is 12.2. The molecule has 0 aliphatic carbocycles. The highest BCUT2D eigenvalue weighted by Gasteiger charge is 2.21. The van der Waals surface area contributed by atoms with E-state index in [1.807, 2.05) is 0 Å². The number of nitriles is 1. The van der Waals surface area contributed by atoms with Crippen molar-refractivity contribution < 1.29 is 28.3 Å². The number of carboxylic acids is 1. The fourth-order valence-electron chi connectivity index (χ4n) is 1.38. The Labute approximate surface area is 110 Å². The number of hydrogen-bond donors (Lipinski definition) is 1. The quantitative estimate of drug-likeness (QED) is 0.503. The molecule has 0 aromatic heterocycles. The first-order chi connectivity index (χ1) is 9.36. The molecule has 1 aromatic carbocycles. The van der Waals surface area contributed by atoms with Gasteiger partial charge in [0.2, 0.25) is 0 Å². The third-order valence-electron chi connectivity index (χ3n) is 2.10. The molecule has 0 heterocycles. The molecule has 0 fully saturated rings. The molecule has 0 spiro atoms. The van der Waals surface area contributed by atoms with E-state index in [2.05, 4.69) is 4.74 Å². The number of alkyl halides is 2. The van der Waals surface area contributed by atoms with Gasteiger partial charge in [0.15, 0.2) is 0 Å². The first kappa shape index (κ1) is 15.0. The highest BCUT2D eigenvalue weighted by molar-refractivity contribution is 5.87. The van der Waals surface area contributed by atoms with Crippen LogP contribution in [0.3, 0.4) is 0 Å². The predicted octanol–water partition coefficient (Wildman–Crippen LogP) is 2.17. The first-order valence-corrected chi connectivity index (χ1v) is 4.94. The molecule has 1 aromatic rings. The molecule has 104 valence electrons. The maximum Gasteiger partial charge on any atom is 0.387 e. The average molecular weight is 284 g/mol. The molecule has 0 aliphatic heterocycles. The number of hydrogen-bond acceptors (Lipinski definition) is 5. The Morgan fingerprint density at radius 2 is 2.20 bits per heavy atom. The molecule has 20 heavy (non-hydrogen) atoms. The molecular weight excluding hydrogens is 278 g/mol. The summed E-state index contributed by atoms with van der Waals surface area (Å²) < 4.78 is 28.5. The van der Waals surface area contributed by atoms with Gasteiger partial charge in [0, 0.05) is 17.7 Å². The molecule has 1 N–H and O–H groups in total. The van der Waals surface area contributed by atoms with Crippen molar-refractivity contribution >= 4 is 17.7 Å². The van der Waals surface area contributed by atoms with Crippen molar-refractivity contribution in [2.45, 2.75) is 6.61 Å². The third-order valence-corrected chi connectivity index (χ3v) is 2.10. The Bertz CT molecular complexity index is 622. The molecule has 0 amide bonds. The van der Waals surface area contributed by atoms with Crippen LogP contribution in [0.4, 0.5) is 14.5 Å². The van der Waals surface area contributed by atoms with E-state index in [4.69, 9.17) is 10.4 Å². The average Bonchev–Trinajstić information content (AvgIpc) is 2.35. The van der Waals surface area contributed by atoms with Crippen LogP contribution in [0, 0.1) is 21.4 Å². The van der Waals surface area contributed by atoms with Crippen LogP contribution in [0.2, 0.25) is 0 Å². The zero-order valence-electron chi connectivity index (χ0n) is 9.62. The van der Waals surface area contributed by atoms with E-state index in [0.29, 0.717) is 6.08 Å². The van der Waals surface area contributed by atoms with Crippen LogP contribution in [0.1, 0.15) is 11.1 Å². The smallest absolute Gasteiger partial charge is 0.387 e. The summed E-state index contributed by atoms with van der Waals surface area (Å²) in [6, 6.07) is 3.17. The van der Waals surface area contributed by atoms with Crippen LogP contribution in [0.25, 0.3) is 6.08 Å². The highest BCUT2D eigenvalue weighted by atomic mass is 19.3. The van der Waals surface area contributed by atoms with Crippen LogP contribution in [-0.4, -0.2) is 22.6 Å². The number of aliphatic carboxylic acids is 1. The first-order valence-electron chi connectivity index (χ1n) is 4.94. The number of halogens is 2. The number of nitro benzene ring substituents is 1. The molecule has 0 bridgehead atoms. The minimum Gasteiger partial charge on any atom is -0.478 e. The third kappa shape index (κ3) is 3.49. The van der Waals surface area contributed by atoms with Gasteiger partial charge in [0.1, 0.15) is 17.4 Å². The molecule has 9 heteroatoms. The fourth-order valence-corrected chi connectivity index (χ4v) is 1.38. The Hall–Kier alpha value is -3.02. The van der Waals surface area contributed by atoms with Gasteiger partial charge in [-0.05, 0) is 12.1 Å². The number of carboxylic acid groups (broad SMARTS) is 1. The second-order valence-corrected chi connectivity index (χ2v) is 3.29. The van der Waals surface area contributed by atoms with Gasteiger partial charge in [-0.2, -0.15) is 14.0 Å². The van der Waals surface area contributed by atoms with E-state index in [1.54, 1.807) is 0 Å². The minimum absolute atomic E-state index is 0.399. The van der Waals surface area contributed by atoms with E-state index < -0.39 is 40.1 Å². The summed E-state index contributed by atoms with van der Waals surface area (Å²) in [4.78, 5) is 20.3. The summed E-state index contributed by atoms with van der Waals surface area (Å²) in [5.74, 6) is -1.94. The van der Waals surface area contributed by atoms with Crippen LogP contribution in [-0.2, 0) is 4.79 Å². The SMILES string of the molecule is N#Cc1c([N+](=O)[O-])ccc(OC(F)F)c1/C=C/C(=O)O. The minimum atomic E-state index is -3.22. The Morgan fingerprint density at radius 1 is 1.55 bits per heavy atom. The molecule has 0 saturated heterocycles. The topological polar surface area (TPSA) is 113 Å². The van der Waals surface area contributed by atoms with Gasteiger partial charge in [0.05, 0.1) is 4.92 Å². The molecule has 0 unspecified atom stereocenters. The second kappa shape index (κ2) is 6.24. The molecule has 0 radical (unpaired) electrons. The number of nitrogens with zero attached hydrogens (tertiary/aromatic N) is 2. The van der Waals surface area contributed by atoms with Gasteiger partial charge < -0.3 is 9.84 Å². The normalized spacial score (nSPS) is 10.5. The van der Waals surface area contributed by atoms with Crippen molar-refractivity contribution in [3.8, 4) is 11.8 Å². The number of benzene rings is 1. The van der Waals surface area contributed by atoms with E-state index >= 15 is 0 Å². The largest absolute Gasteiger partial charge is 0.478 e. The van der Waals surface area contributed by atoms with Crippen LogP contribution < -0.4 is 4.74 Å². The van der Waals surface area contributed by atoms with Crippen LogP contribution in [0.15, 0.2) is 18.2 Å².